The van der Waals surface area contributed by atoms with Gasteiger partial charge in [-0.05, 0) is 55.0 Å². The van der Waals surface area contributed by atoms with Crippen molar-refractivity contribution < 1.29 is 14.6 Å². The van der Waals surface area contributed by atoms with Crippen LogP contribution in [0.15, 0.2) is 66.7 Å². The Kier molecular flexibility index (Phi) is 6.53. The Hall–Kier alpha value is -3.68. The zero-order valence-electron chi connectivity index (χ0n) is 20.1. The number of ether oxygens (including phenoxy) is 1. The summed E-state index contributed by atoms with van der Waals surface area (Å²) < 4.78 is 8.04. The smallest absolute Gasteiger partial charge is 0.335 e. The van der Waals surface area contributed by atoms with Crippen LogP contribution in [0.25, 0.3) is 11.0 Å². The van der Waals surface area contributed by atoms with Crippen molar-refractivity contribution in [1.29, 1.82) is 0 Å². The van der Waals surface area contributed by atoms with Crippen molar-refractivity contribution in [3.8, 4) is 11.5 Å². The number of imidazole rings is 1. The van der Waals surface area contributed by atoms with Crippen molar-refractivity contribution in [1.82, 2.24) is 19.4 Å². The van der Waals surface area contributed by atoms with Crippen LogP contribution in [-0.4, -0.2) is 56.6 Å². The number of nitrogens with zero attached hydrogens (tertiary/aromatic N) is 4. The van der Waals surface area contributed by atoms with Gasteiger partial charge in [0.05, 0.1) is 23.1 Å². The number of piperazine rings is 1. The molecular formula is C28H30N4O3. The van der Waals surface area contributed by atoms with Gasteiger partial charge < -0.3 is 14.4 Å². The summed E-state index contributed by atoms with van der Waals surface area (Å²) in [4.78, 5) is 20.9. The molecule has 1 aromatic heterocycles. The third kappa shape index (κ3) is 5.37. The molecule has 0 aliphatic carbocycles. The first kappa shape index (κ1) is 23.1. The lowest BCUT2D eigenvalue weighted by Crippen LogP contribution is -2.45. The fourth-order valence-electron chi connectivity index (χ4n) is 4.53. The minimum Gasteiger partial charge on any atom is -0.478 e. The number of aromatic carboxylic acids is 1. The maximum absolute atomic E-state index is 11.3. The lowest BCUT2D eigenvalue weighted by Gasteiger charge is -2.34. The second-order valence-corrected chi connectivity index (χ2v) is 9.21. The van der Waals surface area contributed by atoms with E-state index in [0.717, 1.165) is 67.6 Å². The monoisotopic (exact) mass is 470 g/mol. The second kappa shape index (κ2) is 9.90. The highest BCUT2D eigenvalue weighted by atomic mass is 16.5. The van der Waals surface area contributed by atoms with Crippen molar-refractivity contribution in [2.75, 3.05) is 26.2 Å². The van der Waals surface area contributed by atoms with E-state index in [4.69, 9.17) is 9.72 Å². The van der Waals surface area contributed by atoms with E-state index < -0.39 is 5.97 Å². The number of hydrogen-bond donors (Lipinski definition) is 1. The zero-order chi connectivity index (χ0) is 24.4. The van der Waals surface area contributed by atoms with E-state index in [1.54, 1.807) is 18.2 Å². The number of aryl methyl sites for hydroxylation is 2. The largest absolute Gasteiger partial charge is 0.478 e. The molecule has 1 N–H and O–H groups in total. The summed E-state index contributed by atoms with van der Waals surface area (Å²) in [5.74, 6) is 1.75. The Morgan fingerprint density at radius 3 is 2.34 bits per heavy atom. The molecule has 0 bridgehead atoms. The summed E-state index contributed by atoms with van der Waals surface area (Å²) >= 11 is 0. The van der Waals surface area contributed by atoms with E-state index in [0.29, 0.717) is 0 Å². The van der Waals surface area contributed by atoms with Crippen molar-refractivity contribution in [2.45, 2.75) is 20.0 Å². The zero-order valence-corrected chi connectivity index (χ0v) is 20.1. The van der Waals surface area contributed by atoms with Crippen molar-refractivity contribution in [3.05, 3.63) is 89.2 Å². The highest BCUT2D eigenvalue weighted by Gasteiger charge is 2.20. The lowest BCUT2D eigenvalue weighted by molar-refractivity contribution is 0.0697. The summed E-state index contributed by atoms with van der Waals surface area (Å²) in [5.41, 5.74) is 4.43. The molecule has 0 amide bonds. The van der Waals surface area contributed by atoms with E-state index in [9.17, 15) is 9.90 Å². The van der Waals surface area contributed by atoms with Gasteiger partial charge >= 0.3 is 5.97 Å². The fraction of sp³-hybridized carbons (Fsp3) is 0.286. The molecule has 180 valence electrons. The SMILES string of the molecule is Cc1ccc(Oc2cccc(CN3CCN(Cc4nc5ccc(C(=O)O)cc5n4C)CC3)c2)cc1. The predicted octanol–water partition coefficient (Wildman–Crippen LogP) is 4.69. The molecule has 7 heteroatoms. The van der Waals surface area contributed by atoms with Crippen LogP contribution in [-0.2, 0) is 20.1 Å². The molecule has 0 spiro atoms. The Labute approximate surface area is 205 Å². The predicted molar refractivity (Wildman–Crippen MR) is 136 cm³/mol. The van der Waals surface area contributed by atoms with Crippen molar-refractivity contribution in [2.24, 2.45) is 7.05 Å². The first-order valence-electron chi connectivity index (χ1n) is 11.9. The van der Waals surface area contributed by atoms with Crippen LogP contribution in [0.2, 0.25) is 0 Å². The fourth-order valence-corrected chi connectivity index (χ4v) is 4.53. The number of carbonyl (C=O) groups is 1. The molecule has 35 heavy (non-hydrogen) atoms. The highest BCUT2D eigenvalue weighted by Crippen LogP contribution is 2.24. The maximum Gasteiger partial charge on any atom is 0.335 e. The minimum atomic E-state index is -0.918. The van der Waals surface area contributed by atoms with Gasteiger partial charge in [0.1, 0.15) is 17.3 Å². The molecular weight excluding hydrogens is 440 g/mol. The van der Waals surface area contributed by atoms with E-state index in [-0.39, 0.29) is 5.56 Å². The minimum absolute atomic E-state index is 0.286. The number of carboxylic acids is 1. The normalized spacial score (nSPS) is 14.9. The second-order valence-electron chi connectivity index (χ2n) is 9.21. The van der Waals surface area contributed by atoms with Crippen molar-refractivity contribution in [3.63, 3.8) is 0 Å². The van der Waals surface area contributed by atoms with E-state index in [1.807, 2.05) is 29.8 Å². The molecule has 2 heterocycles. The van der Waals surface area contributed by atoms with E-state index >= 15 is 0 Å². The first-order valence-corrected chi connectivity index (χ1v) is 11.9. The van der Waals surface area contributed by atoms with E-state index in [1.165, 1.54) is 11.1 Å². The summed E-state index contributed by atoms with van der Waals surface area (Å²) in [6, 6.07) is 21.5. The third-order valence-corrected chi connectivity index (χ3v) is 6.61. The number of carboxylic acid groups (broad SMARTS) is 1. The van der Waals surface area contributed by atoms with Gasteiger partial charge in [0.2, 0.25) is 0 Å². The summed E-state index contributed by atoms with van der Waals surface area (Å²) in [6.07, 6.45) is 0. The highest BCUT2D eigenvalue weighted by molar-refractivity contribution is 5.92. The molecule has 0 radical (unpaired) electrons. The number of aromatic nitrogens is 2. The summed E-state index contributed by atoms with van der Waals surface area (Å²) in [6.45, 7) is 7.60. The van der Waals surface area contributed by atoms with Gasteiger partial charge in [0, 0.05) is 39.8 Å². The lowest BCUT2D eigenvalue weighted by atomic mass is 10.2. The molecule has 7 nitrogen and oxygen atoms in total. The first-order chi connectivity index (χ1) is 16.9. The molecule has 0 atom stereocenters. The van der Waals surface area contributed by atoms with E-state index in [2.05, 4.69) is 47.1 Å². The Morgan fingerprint density at radius 1 is 0.914 bits per heavy atom. The molecule has 0 unspecified atom stereocenters. The summed E-state index contributed by atoms with van der Waals surface area (Å²) in [5, 5.41) is 9.27. The molecule has 0 saturated carbocycles. The average Bonchev–Trinajstić information content (AvgIpc) is 3.16. The molecule has 1 fully saturated rings. The van der Waals surface area contributed by atoms with Gasteiger partial charge in [-0.1, -0.05) is 29.8 Å². The van der Waals surface area contributed by atoms with Crippen LogP contribution in [0.4, 0.5) is 0 Å². The van der Waals surface area contributed by atoms with Gasteiger partial charge in [-0.25, -0.2) is 9.78 Å². The molecule has 1 aliphatic heterocycles. The van der Waals surface area contributed by atoms with Gasteiger partial charge in [-0.2, -0.15) is 0 Å². The van der Waals surface area contributed by atoms with Crippen LogP contribution in [0.5, 0.6) is 11.5 Å². The average molecular weight is 471 g/mol. The van der Waals surface area contributed by atoms with Gasteiger partial charge in [-0.3, -0.25) is 9.80 Å². The van der Waals surface area contributed by atoms with Crippen LogP contribution in [0.1, 0.15) is 27.3 Å². The molecule has 4 aromatic rings. The standard InChI is InChI=1S/C28H30N4O3/c1-20-6-9-23(10-7-20)35-24-5-3-4-21(16-24)18-31-12-14-32(15-13-31)19-27-29-25-11-8-22(28(33)34)17-26(25)30(27)2/h3-11,16-17H,12-15,18-19H2,1-2H3,(H,33,34). The Balaban J connectivity index is 1.17. The molecule has 5 rings (SSSR count). The van der Waals surface area contributed by atoms with Gasteiger partial charge in [0.25, 0.3) is 0 Å². The van der Waals surface area contributed by atoms with Gasteiger partial charge in [-0.15, -0.1) is 0 Å². The molecule has 1 saturated heterocycles. The van der Waals surface area contributed by atoms with Crippen molar-refractivity contribution >= 4 is 17.0 Å². The van der Waals surface area contributed by atoms with Crippen LogP contribution >= 0.6 is 0 Å². The van der Waals surface area contributed by atoms with Crippen LogP contribution in [0.3, 0.4) is 0 Å². The topological polar surface area (TPSA) is 70.8 Å². The van der Waals surface area contributed by atoms with Crippen LogP contribution < -0.4 is 4.74 Å². The third-order valence-electron chi connectivity index (χ3n) is 6.61. The summed E-state index contributed by atoms with van der Waals surface area (Å²) in [7, 11) is 1.96. The Bertz CT molecular complexity index is 1340. The molecule has 1 aliphatic rings. The number of fused-ring (bicyclic) bond motifs is 1. The molecule has 3 aromatic carbocycles. The maximum atomic E-state index is 11.3. The number of hydrogen-bond acceptors (Lipinski definition) is 5. The quantitative estimate of drug-likeness (QED) is 0.423. The van der Waals surface area contributed by atoms with Crippen LogP contribution in [0, 0.1) is 6.92 Å². The Morgan fingerprint density at radius 2 is 1.63 bits per heavy atom. The van der Waals surface area contributed by atoms with Gasteiger partial charge in [0.15, 0.2) is 0 Å². The number of rotatable bonds is 7. The number of benzene rings is 3.